The normalized spacial score (nSPS) is 10.3. The van der Waals surface area contributed by atoms with E-state index >= 15 is 0 Å². The van der Waals surface area contributed by atoms with Crippen LogP contribution in [-0.2, 0) is 0 Å². The van der Waals surface area contributed by atoms with Gasteiger partial charge in [0.05, 0.1) is 4.92 Å². The maximum Gasteiger partial charge on any atom is 0.274 e. The maximum atomic E-state index is 13.4. The average Bonchev–Trinajstić information content (AvgIpc) is 2.46. The number of nitrogens with one attached hydrogen (secondary N) is 1. The lowest BCUT2D eigenvalue weighted by molar-refractivity contribution is -0.385. The molecule has 0 aliphatic carbocycles. The first-order chi connectivity index (χ1) is 10.5. The summed E-state index contributed by atoms with van der Waals surface area (Å²) in [7, 11) is 0. The quantitative estimate of drug-likeness (QED) is 0.500. The van der Waals surface area contributed by atoms with Crippen LogP contribution in [0.4, 0.5) is 15.8 Å². The van der Waals surface area contributed by atoms with Crippen LogP contribution in [0, 0.1) is 29.8 Å². The van der Waals surface area contributed by atoms with E-state index in [1.165, 1.54) is 12.1 Å². The van der Waals surface area contributed by atoms with Crippen LogP contribution in [0.25, 0.3) is 0 Å². The minimum Gasteiger partial charge on any atom is -0.489 e. The number of hydrogen-bond donors (Lipinski definition) is 1. The van der Waals surface area contributed by atoms with Crippen molar-refractivity contribution in [2.75, 3.05) is 18.5 Å². The molecule has 0 radical (unpaired) electrons. The van der Waals surface area contributed by atoms with Crippen molar-refractivity contribution in [1.82, 2.24) is 0 Å². The zero-order valence-electron chi connectivity index (χ0n) is 12.4. The summed E-state index contributed by atoms with van der Waals surface area (Å²) in [4.78, 5) is 10.5. The van der Waals surface area contributed by atoms with Gasteiger partial charge < -0.3 is 10.1 Å². The van der Waals surface area contributed by atoms with Crippen molar-refractivity contribution < 1.29 is 14.1 Å². The molecule has 0 bridgehead atoms. The van der Waals surface area contributed by atoms with Gasteiger partial charge in [-0.3, -0.25) is 10.1 Å². The number of hydrogen-bond acceptors (Lipinski definition) is 4. The summed E-state index contributed by atoms with van der Waals surface area (Å²) in [5.41, 5.74) is 2.28. The second-order valence-corrected chi connectivity index (χ2v) is 4.92. The van der Waals surface area contributed by atoms with Crippen LogP contribution in [0.15, 0.2) is 36.4 Å². The molecule has 2 aromatic carbocycles. The molecule has 1 N–H and O–H groups in total. The fourth-order valence-corrected chi connectivity index (χ4v) is 2.14. The van der Waals surface area contributed by atoms with Crippen LogP contribution in [0.1, 0.15) is 11.1 Å². The Kier molecular flexibility index (Phi) is 4.93. The van der Waals surface area contributed by atoms with Crippen molar-refractivity contribution >= 4 is 11.4 Å². The molecule has 0 fully saturated rings. The van der Waals surface area contributed by atoms with Gasteiger partial charge in [-0.25, -0.2) is 4.39 Å². The van der Waals surface area contributed by atoms with Crippen molar-refractivity contribution in [3.63, 3.8) is 0 Å². The molecule has 2 aromatic rings. The summed E-state index contributed by atoms with van der Waals surface area (Å²) >= 11 is 0. The molecule has 0 saturated carbocycles. The van der Waals surface area contributed by atoms with Gasteiger partial charge in [0.25, 0.3) is 5.69 Å². The van der Waals surface area contributed by atoms with E-state index < -0.39 is 10.7 Å². The van der Waals surface area contributed by atoms with E-state index in [4.69, 9.17) is 4.74 Å². The summed E-state index contributed by atoms with van der Waals surface area (Å²) in [5, 5.41) is 14.0. The zero-order chi connectivity index (χ0) is 16.1. The largest absolute Gasteiger partial charge is 0.489 e. The Morgan fingerprint density at radius 1 is 1.23 bits per heavy atom. The third kappa shape index (κ3) is 3.72. The number of anilines is 1. The first-order valence-electron chi connectivity index (χ1n) is 6.86. The molecule has 0 atom stereocenters. The molecule has 6 heteroatoms. The Morgan fingerprint density at radius 2 is 1.95 bits per heavy atom. The van der Waals surface area contributed by atoms with E-state index in [0.717, 1.165) is 5.56 Å². The number of nitro groups is 1. The van der Waals surface area contributed by atoms with Gasteiger partial charge in [0.2, 0.25) is 0 Å². The van der Waals surface area contributed by atoms with Crippen LogP contribution in [0.3, 0.4) is 0 Å². The topological polar surface area (TPSA) is 64.4 Å². The molecule has 0 aliphatic heterocycles. The SMILES string of the molecule is Cc1cc(C)c([N+](=O)[O-])cc1NCCOc1ccccc1F. The number of aryl methyl sites for hydroxylation is 2. The Bertz CT molecular complexity index is 689. The lowest BCUT2D eigenvalue weighted by Gasteiger charge is -2.12. The molecule has 22 heavy (non-hydrogen) atoms. The Hall–Kier alpha value is -2.63. The van der Waals surface area contributed by atoms with Gasteiger partial charge in [0.1, 0.15) is 6.61 Å². The minimum absolute atomic E-state index is 0.0723. The minimum atomic E-state index is -0.412. The van der Waals surface area contributed by atoms with Gasteiger partial charge in [-0.05, 0) is 37.6 Å². The highest BCUT2D eigenvalue weighted by Crippen LogP contribution is 2.26. The van der Waals surface area contributed by atoms with Crippen molar-refractivity contribution in [2.45, 2.75) is 13.8 Å². The summed E-state index contributed by atoms with van der Waals surface area (Å²) in [6.07, 6.45) is 0. The van der Waals surface area contributed by atoms with E-state index in [0.29, 0.717) is 17.8 Å². The number of halogens is 1. The summed E-state index contributed by atoms with van der Waals surface area (Å²) in [6, 6.07) is 9.44. The van der Waals surface area contributed by atoms with Gasteiger partial charge in [0.15, 0.2) is 11.6 Å². The molecular formula is C16H17FN2O3. The Balaban J connectivity index is 1.96. The molecule has 0 aromatic heterocycles. The van der Waals surface area contributed by atoms with Crippen LogP contribution in [0.5, 0.6) is 5.75 Å². The lowest BCUT2D eigenvalue weighted by atomic mass is 10.1. The smallest absolute Gasteiger partial charge is 0.274 e. The van der Waals surface area contributed by atoms with Crippen molar-refractivity contribution in [2.24, 2.45) is 0 Å². The fraction of sp³-hybridized carbons (Fsp3) is 0.250. The van der Waals surface area contributed by atoms with Gasteiger partial charge in [-0.2, -0.15) is 0 Å². The Morgan fingerprint density at radius 3 is 2.64 bits per heavy atom. The van der Waals surface area contributed by atoms with Crippen molar-refractivity contribution in [1.29, 1.82) is 0 Å². The van der Waals surface area contributed by atoms with E-state index in [2.05, 4.69) is 5.32 Å². The fourth-order valence-electron chi connectivity index (χ4n) is 2.14. The summed E-state index contributed by atoms with van der Waals surface area (Å²) in [6.45, 7) is 4.24. The molecule has 0 aliphatic rings. The molecule has 0 heterocycles. The number of nitro benzene ring substituents is 1. The van der Waals surface area contributed by atoms with Gasteiger partial charge in [0, 0.05) is 23.9 Å². The number of para-hydroxylation sites is 1. The third-order valence-corrected chi connectivity index (χ3v) is 3.25. The molecular weight excluding hydrogens is 287 g/mol. The highest BCUT2D eigenvalue weighted by atomic mass is 19.1. The number of nitrogens with zero attached hydrogens (tertiary/aromatic N) is 1. The second kappa shape index (κ2) is 6.89. The lowest BCUT2D eigenvalue weighted by Crippen LogP contribution is -2.13. The monoisotopic (exact) mass is 304 g/mol. The van der Waals surface area contributed by atoms with E-state index in [-0.39, 0.29) is 18.0 Å². The standard InChI is InChI=1S/C16H17FN2O3/c1-11-9-12(2)15(19(20)21)10-14(11)18-7-8-22-16-6-4-3-5-13(16)17/h3-6,9-10,18H,7-8H2,1-2H3. The van der Waals surface area contributed by atoms with Crippen molar-refractivity contribution in [3.8, 4) is 5.75 Å². The van der Waals surface area contributed by atoms with Crippen LogP contribution in [-0.4, -0.2) is 18.1 Å². The van der Waals surface area contributed by atoms with Crippen LogP contribution in [0.2, 0.25) is 0 Å². The van der Waals surface area contributed by atoms with Gasteiger partial charge >= 0.3 is 0 Å². The average molecular weight is 304 g/mol. The molecule has 116 valence electrons. The molecule has 0 unspecified atom stereocenters. The first-order valence-corrected chi connectivity index (χ1v) is 6.86. The maximum absolute atomic E-state index is 13.4. The zero-order valence-corrected chi connectivity index (χ0v) is 12.4. The molecule has 5 nitrogen and oxygen atoms in total. The number of rotatable bonds is 6. The highest BCUT2D eigenvalue weighted by Gasteiger charge is 2.13. The van der Waals surface area contributed by atoms with Crippen LogP contribution < -0.4 is 10.1 Å². The van der Waals surface area contributed by atoms with Crippen LogP contribution >= 0.6 is 0 Å². The van der Waals surface area contributed by atoms with Gasteiger partial charge in [-0.15, -0.1) is 0 Å². The first kappa shape index (κ1) is 15.8. The van der Waals surface area contributed by atoms with E-state index in [1.54, 1.807) is 31.2 Å². The predicted octanol–water partition coefficient (Wildman–Crippen LogP) is 3.84. The van der Waals surface area contributed by atoms with E-state index in [9.17, 15) is 14.5 Å². The number of benzene rings is 2. The third-order valence-electron chi connectivity index (χ3n) is 3.25. The summed E-state index contributed by atoms with van der Waals surface area (Å²) in [5.74, 6) is -0.222. The van der Waals surface area contributed by atoms with E-state index in [1.807, 2.05) is 6.92 Å². The highest BCUT2D eigenvalue weighted by molar-refractivity contribution is 5.60. The molecule has 0 spiro atoms. The second-order valence-electron chi connectivity index (χ2n) is 4.92. The molecule has 0 saturated heterocycles. The number of ether oxygens (including phenoxy) is 1. The Labute approximate surface area is 127 Å². The summed E-state index contributed by atoms with van der Waals surface area (Å²) < 4.78 is 18.7. The molecule has 2 rings (SSSR count). The molecule has 0 amide bonds. The van der Waals surface area contributed by atoms with Gasteiger partial charge in [-0.1, -0.05) is 12.1 Å². The van der Waals surface area contributed by atoms with Crippen molar-refractivity contribution in [3.05, 3.63) is 63.5 Å². The predicted molar refractivity (Wildman–Crippen MR) is 83.0 cm³/mol.